The molecular formula is C3H7N5. The molecule has 44 valence electrons. The maximum atomic E-state index is 6.89. The van der Waals surface area contributed by atoms with Crippen LogP contribution in [0.5, 0.6) is 0 Å². The van der Waals surface area contributed by atoms with E-state index in [0.717, 1.165) is 0 Å². The summed E-state index contributed by atoms with van der Waals surface area (Å²) in [7, 11) is 0. The van der Waals surface area contributed by atoms with Crippen LogP contribution >= 0.6 is 0 Å². The Morgan fingerprint density at radius 1 is 1.75 bits per heavy atom. The van der Waals surface area contributed by atoms with Gasteiger partial charge in [-0.1, -0.05) is 0 Å². The smallest absolute Gasteiger partial charge is 0.209 e. The van der Waals surface area contributed by atoms with E-state index in [4.69, 9.17) is 11.1 Å². The van der Waals surface area contributed by atoms with Crippen LogP contribution in [-0.2, 0) is 0 Å². The van der Waals surface area contributed by atoms with Crippen molar-refractivity contribution in [2.75, 3.05) is 6.54 Å². The number of nitrogens with two attached hydrogens (primary N) is 1. The Balaban J connectivity index is 2.55. The van der Waals surface area contributed by atoms with Crippen LogP contribution in [0, 0.1) is 5.41 Å². The molecule has 0 aliphatic carbocycles. The van der Waals surface area contributed by atoms with Crippen LogP contribution in [0.2, 0.25) is 0 Å². The van der Waals surface area contributed by atoms with E-state index in [9.17, 15) is 0 Å². The van der Waals surface area contributed by atoms with Gasteiger partial charge in [0.25, 0.3) is 0 Å². The number of nitrogens with zero attached hydrogens (tertiary/aromatic N) is 1. The van der Waals surface area contributed by atoms with E-state index in [2.05, 4.69) is 15.8 Å². The van der Waals surface area contributed by atoms with Gasteiger partial charge in [0, 0.05) is 0 Å². The Morgan fingerprint density at radius 2 is 2.50 bits per heavy atom. The highest BCUT2D eigenvalue weighted by molar-refractivity contribution is 5.91. The molecule has 0 aromatic heterocycles. The molecule has 0 unspecified atom stereocenters. The number of rotatable bonds is 0. The summed E-state index contributed by atoms with van der Waals surface area (Å²) in [6.07, 6.45) is 0. The Bertz CT molecular complexity index is 137. The molecule has 5 N–H and O–H groups in total. The van der Waals surface area contributed by atoms with Crippen molar-refractivity contribution in [3.63, 3.8) is 0 Å². The van der Waals surface area contributed by atoms with E-state index in [0.29, 0.717) is 12.4 Å². The lowest BCUT2D eigenvalue weighted by Crippen LogP contribution is -2.45. The molecule has 0 atom stereocenters. The summed E-state index contributed by atoms with van der Waals surface area (Å²) < 4.78 is 0. The van der Waals surface area contributed by atoms with Crippen molar-refractivity contribution in [3.05, 3.63) is 0 Å². The van der Waals surface area contributed by atoms with Gasteiger partial charge in [-0.05, 0) is 0 Å². The summed E-state index contributed by atoms with van der Waals surface area (Å²) >= 11 is 0. The van der Waals surface area contributed by atoms with Crippen molar-refractivity contribution in [1.82, 2.24) is 10.7 Å². The average molecular weight is 113 g/mol. The van der Waals surface area contributed by atoms with E-state index < -0.39 is 0 Å². The summed E-state index contributed by atoms with van der Waals surface area (Å²) in [5.74, 6) is 0.667. The molecule has 1 heterocycles. The van der Waals surface area contributed by atoms with E-state index in [1.54, 1.807) is 0 Å². The molecule has 0 fully saturated rings. The van der Waals surface area contributed by atoms with Crippen LogP contribution in [0.4, 0.5) is 0 Å². The summed E-state index contributed by atoms with van der Waals surface area (Å²) in [5.41, 5.74) is 7.59. The van der Waals surface area contributed by atoms with Gasteiger partial charge in [-0.2, -0.15) is 5.10 Å². The van der Waals surface area contributed by atoms with Crippen LogP contribution in [0.3, 0.4) is 0 Å². The number of hydrazone groups is 1. The number of amidine groups is 1. The molecule has 0 aromatic rings. The van der Waals surface area contributed by atoms with E-state index >= 15 is 0 Å². The minimum absolute atomic E-state index is 0.194. The lowest BCUT2D eigenvalue weighted by molar-refractivity contribution is 0.853. The molecule has 1 aliphatic rings. The van der Waals surface area contributed by atoms with Crippen LogP contribution < -0.4 is 16.5 Å². The SMILES string of the molecule is N=C1NCC(N)=NN1. The van der Waals surface area contributed by atoms with Crippen LogP contribution in [0.25, 0.3) is 0 Å². The molecule has 0 saturated carbocycles. The second-order valence-corrected chi connectivity index (χ2v) is 1.44. The lowest BCUT2D eigenvalue weighted by atomic mass is 10.6. The molecule has 5 nitrogen and oxygen atoms in total. The first kappa shape index (κ1) is 4.89. The van der Waals surface area contributed by atoms with Gasteiger partial charge in [-0.25, -0.2) is 5.43 Å². The quantitative estimate of drug-likeness (QED) is 0.305. The summed E-state index contributed by atoms with van der Waals surface area (Å²) in [5, 5.41) is 13.1. The van der Waals surface area contributed by atoms with Crippen molar-refractivity contribution in [3.8, 4) is 0 Å². The van der Waals surface area contributed by atoms with Crippen molar-refractivity contribution in [2.24, 2.45) is 10.8 Å². The number of guanidine groups is 1. The molecule has 1 rings (SSSR count). The Hall–Kier alpha value is -1.26. The van der Waals surface area contributed by atoms with Gasteiger partial charge in [-0.3, -0.25) is 5.41 Å². The predicted molar refractivity (Wildman–Crippen MR) is 30.5 cm³/mol. The van der Waals surface area contributed by atoms with Crippen LogP contribution in [0.15, 0.2) is 5.10 Å². The van der Waals surface area contributed by atoms with Gasteiger partial charge in [0.15, 0.2) is 0 Å². The molecule has 0 amide bonds. The van der Waals surface area contributed by atoms with Gasteiger partial charge >= 0.3 is 0 Å². The third-order valence-corrected chi connectivity index (χ3v) is 0.758. The molecular weight excluding hydrogens is 106 g/mol. The van der Waals surface area contributed by atoms with Gasteiger partial charge in [-0.15, -0.1) is 0 Å². The third kappa shape index (κ3) is 0.868. The normalized spacial score (nSPS) is 18.5. The molecule has 0 bridgehead atoms. The van der Waals surface area contributed by atoms with E-state index in [1.807, 2.05) is 0 Å². The standard InChI is InChI=1S/C3H7N5/c4-2-1-6-3(5)8-7-2/h1H2,(H2,4,7)(H3,5,6,8). The fraction of sp³-hybridized carbons (Fsp3) is 0.333. The molecule has 0 saturated heterocycles. The largest absolute Gasteiger partial charge is 0.384 e. The number of hydrogen-bond acceptors (Lipinski definition) is 3. The molecule has 0 radical (unpaired) electrons. The summed E-state index contributed by atoms with van der Waals surface area (Å²) in [6, 6.07) is 0. The zero-order chi connectivity index (χ0) is 5.98. The molecule has 8 heavy (non-hydrogen) atoms. The Kier molecular flexibility index (Phi) is 1.03. The molecule has 0 aromatic carbocycles. The van der Waals surface area contributed by atoms with Crippen LogP contribution in [0.1, 0.15) is 0 Å². The van der Waals surface area contributed by atoms with Gasteiger partial charge in [0.1, 0.15) is 5.84 Å². The third-order valence-electron chi connectivity index (χ3n) is 0.758. The molecule has 1 aliphatic heterocycles. The number of hydrogen-bond donors (Lipinski definition) is 4. The molecule has 0 spiro atoms. The minimum Gasteiger partial charge on any atom is -0.384 e. The fourth-order valence-corrected chi connectivity index (χ4v) is 0.386. The zero-order valence-corrected chi connectivity index (χ0v) is 4.23. The topological polar surface area (TPSA) is 86.3 Å². The first-order chi connectivity index (χ1) is 3.79. The van der Waals surface area contributed by atoms with E-state index in [-0.39, 0.29) is 5.96 Å². The zero-order valence-electron chi connectivity index (χ0n) is 4.23. The number of nitrogens with one attached hydrogen (secondary N) is 3. The maximum absolute atomic E-state index is 6.89. The highest BCUT2D eigenvalue weighted by atomic mass is 15.4. The van der Waals surface area contributed by atoms with Crippen LogP contribution in [-0.4, -0.2) is 18.3 Å². The van der Waals surface area contributed by atoms with Crippen molar-refractivity contribution < 1.29 is 0 Å². The second kappa shape index (κ2) is 1.69. The summed E-state index contributed by atoms with van der Waals surface area (Å²) in [6.45, 7) is 0.464. The highest BCUT2D eigenvalue weighted by Crippen LogP contribution is 1.71. The van der Waals surface area contributed by atoms with Crippen molar-refractivity contribution >= 4 is 11.8 Å². The lowest BCUT2D eigenvalue weighted by Gasteiger charge is -2.11. The summed E-state index contributed by atoms with van der Waals surface area (Å²) in [4.78, 5) is 0. The fourth-order valence-electron chi connectivity index (χ4n) is 0.386. The molecule has 5 heteroatoms. The maximum Gasteiger partial charge on any atom is 0.209 e. The highest BCUT2D eigenvalue weighted by Gasteiger charge is 2.00. The Labute approximate surface area is 46.5 Å². The average Bonchev–Trinajstić information content (AvgIpc) is 1.77. The Morgan fingerprint density at radius 3 is 2.88 bits per heavy atom. The van der Waals surface area contributed by atoms with E-state index in [1.165, 1.54) is 0 Å². The van der Waals surface area contributed by atoms with Gasteiger partial charge in [0.2, 0.25) is 5.96 Å². The monoisotopic (exact) mass is 113 g/mol. The van der Waals surface area contributed by atoms with Crippen molar-refractivity contribution in [1.29, 1.82) is 5.41 Å². The van der Waals surface area contributed by atoms with Gasteiger partial charge < -0.3 is 11.1 Å². The van der Waals surface area contributed by atoms with Crippen molar-refractivity contribution in [2.45, 2.75) is 0 Å². The predicted octanol–water partition coefficient (Wildman–Crippen LogP) is -1.61. The van der Waals surface area contributed by atoms with Gasteiger partial charge in [0.05, 0.1) is 6.54 Å². The minimum atomic E-state index is 0.194. The second-order valence-electron chi connectivity index (χ2n) is 1.44. The first-order valence-corrected chi connectivity index (χ1v) is 2.19. The first-order valence-electron chi connectivity index (χ1n) is 2.19.